The molecule has 3 N–H and O–H groups in total. The van der Waals surface area contributed by atoms with Gasteiger partial charge >= 0.3 is 0 Å². The lowest BCUT2D eigenvalue weighted by Crippen LogP contribution is -2.17. The molecule has 4 heteroatoms. The maximum absolute atomic E-state index is 9.27. The van der Waals surface area contributed by atoms with Gasteiger partial charge in [0.15, 0.2) is 0 Å². The molecule has 0 aliphatic rings. The van der Waals surface area contributed by atoms with Crippen molar-refractivity contribution in [2.45, 2.75) is 0 Å². The topological polar surface area (TPSA) is 61.4 Å². The summed E-state index contributed by atoms with van der Waals surface area (Å²) in [6.07, 6.45) is 0.434. The molecule has 0 saturated heterocycles. The van der Waals surface area contributed by atoms with E-state index in [0.717, 1.165) is 6.67 Å². The summed E-state index contributed by atoms with van der Waals surface area (Å²) in [7, 11) is 0. The van der Waals surface area contributed by atoms with Crippen LogP contribution in [0, 0.1) is 6.67 Å². The molecule has 0 aromatic carbocycles. The molecule has 0 rings (SSSR count). The molecule has 0 aliphatic carbocycles. The second-order valence-electron chi connectivity index (χ2n) is 0.558. The van der Waals surface area contributed by atoms with Gasteiger partial charge in [-0.05, 0) is 0 Å². The molecule has 35 valence electrons. The van der Waals surface area contributed by atoms with Crippen molar-refractivity contribution < 1.29 is 10.0 Å². The van der Waals surface area contributed by atoms with E-state index in [9.17, 15) is 4.79 Å². The second kappa shape index (κ2) is 4.39. The normalized spacial score (nSPS) is 7.50. The van der Waals surface area contributed by atoms with Crippen LogP contribution in [0.5, 0.6) is 0 Å². The van der Waals surface area contributed by atoms with Gasteiger partial charge in [-0.3, -0.25) is 4.79 Å². The van der Waals surface area contributed by atoms with Crippen LogP contribution in [0.4, 0.5) is 0 Å². The predicted octanol–water partition coefficient (Wildman–Crippen LogP) is -1.17. The molecule has 0 atom stereocenters. The number of nitrogens with one attached hydrogen (secondary N) is 2. The second-order valence-corrected chi connectivity index (χ2v) is 0.558. The van der Waals surface area contributed by atoms with Gasteiger partial charge in [-0.25, -0.2) is 0 Å². The van der Waals surface area contributed by atoms with E-state index in [1.165, 1.54) is 0 Å². The lowest BCUT2D eigenvalue weighted by Gasteiger charge is -1.86. The lowest BCUT2D eigenvalue weighted by atomic mass is 11.1. The molecule has 0 heterocycles. The quantitative estimate of drug-likeness (QED) is 0.232. The summed E-state index contributed by atoms with van der Waals surface area (Å²) in [5, 5.41) is 9.70. The zero-order valence-electron chi connectivity index (χ0n) is 3.01. The third-order valence-corrected chi connectivity index (χ3v) is 0.216. The Morgan fingerprint density at radius 1 is 1.67 bits per heavy atom. The van der Waals surface area contributed by atoms with Crippen LogP contribution in [0.25, 0.3) is 0 Å². The van der Waals surface area contributed by atoms with E-state index >= 15 is 0 Å². The molecule has 6 heavy (non-hydrogen) atoms. The number of carbonyl (C=O) groups is 1. The van der Waals surface area contributed by atoms with E-state index in [2.05, 4.69) is 0 Å². The van der Waals surface area contributed by atoms with Gasteiger partial charge in [0.2, 0.25) is 6.41 Å². The maximum Gasteiger partial charge on any atom is 0.208 e. The minimum absolute atomic E-state index is 0.434. The number of rotatable bonds is 3. The van der Waals surface area contributed by atoms with E-state index in [1.807, 2.05) is 5.32 Å². The summed E-state index contributed by atoms with van der Waals surface area (Å²) in [6, 6.07) is 0. The molecule has 0 bridgehead atoms. The van der Waals surface area contributed by atoms with Crippen molar-refractivity contribution in [3.63, 3.8) is 0 Å². The minimum atomic E-state index is 0.434. The van der Waals surface area contributed by atoms with Crippen LogP contribution < -0.4 is 10.8 Å². The summed E-state index contributed by atoms with van der Waals surface area (Å²) < 4.78 is 0. The third-order valence-electron chi connectivity index (χ3n) is 0.216. The highest BCUT2D eigenvalue weighted by molar-refractivity contribution is 5.46. The van der Waals surface area contributed by atoms with Crippen LogP contribution in [0.2, 0.25) is 0 Å². The highest BCUT2D eigenvalue weighted by atomic mass is 16.5. The zero-order valence-corrected chi connectivity index (χ0v) is 3.01. The van der Waals surface area contributed by atoms with E-state index in [4.69, 9.17) is 5.21 Å². The van der Waals surface area contributed by atoms with E-state index in [1.54, 1.807) is 5.48 Å². The highest BCUT2D eigenvalue weighted by Gasteiger charge is 1.69. The zero-order chi connectivity index (χ0) is 4.83. The number of amides is 1. The van der Waals surface area contributed by atoms with Crippen molar-refractivity contribution in [3.8, 4) is 0 Å². The smallest absolute Gasteiger partial charge is 0.208 e. The first-order chi connectivity index (χ1) is 2.91. The van der Waals surface area contributed by atoms with Gasteiger partial charge in [-0.15, -0.1) is 0 Å². The summed E-state index contributed by atoms with van der Waals surface area (Å²) in [5.74, 6) is 0. The molecule has 0 aromatic heterocycles. The predicted molar refractivity (Wildman–Crippen MR) is 18.4 cm³/mol. The van der Waals surface area contributed by atoms with Crippen LogP contribution in [-0.2, 0) is 4.79 Å². The van der Waals surface area contributed by atoms with Gasteiger partial charge in [0.1, 0.15) is 6.67 Å². The molecule has 1 amide bonds. The van der Waals surface area contributed by atoms with E-state index < -0.39 is 0 Å². The van der Waals surface area contributed by atoms with Gasteiger partial charge in [-0.1, -0.05) is 0 Å². The highest BCUT2D eigenvalue weighted by Crippen LogP contribution is 1.43. The standard InChI is InChI=1S/C2H5N2O2/c5-2-3-1-4-6/h1-2,4,6H,(H,3,5). The maximum atomic E-state index is 9.27. The Balaban J connectivity index is 2.49. The van der Waals surface area contributed by atoms with Crippen molar-refractivity contribution in [3.05, 3.63) is 6.67 Å². The Hall–Kier alpha value is -0.610. The van der Waals surface area contributed by atoms with Crippen molar-refractivity contribution in [2.24, 2.45) is 0 Å². The minimum Gasteiger partial charge on any atom is -0.338 e. The van der Waals surface area contributed by atoms with Gasteiger partial charge in [0.05, 0.1) is 0 Å². The molecular formula is C2H5N2O2. The van der Waals surface area contributed by atoms with E-state index in [0.29, 0.717) is 6.41 Å². The largest absolute Gasteiger partial charge is 0.338 e. The van der Waals surface area contributed by atoms with Crippen molar-refractivity contribution in [1.82, 2.24) is 10.8 Å². The summed E-state index contributed by atoms with van der Waals surface area (Å²) in [6.45, 7) is 0.993. The molecule has 1 radical (unpaired) electrons. The Morgan fingerprint density at radius 2 is 2.33 bits per heavy atom. The summed E-state index contributed by atoms with van der Waals surface area (Å²) in [5.41, 5.74) is 1.60. The van der Waals surface area contributed by atoms with Crippen molar-refractivity contribution in [2.75, 3.05) is 0 Å². The fourth-order valence-electron chi connectivity index (χ4n) is 0.0713. The van der Waals surface area contributed by atoms with Crippen LogP contribution >= 0.6 is 0 Å². The summed E-state index contributed by atoms with van der Waals surface area (Å²) in [4.78, 5) is 9.27. The van der Waals surface area contributed by atoms with Crippen LogP contribution in [0.15, 0.2) is 0 Å². The van der Waals surface area contributed by atoms with Gasteiger partial charge < -0.3 is 10.5 Å². The van der Waals surface area contributed by atoms with Gasteiger partial charge in [-0.2, -0.15) is 5.48 Å². The number of hydrogen-bond donors (Lipinski definition) is 3. The third kappa shape index (κ3) is 3.39. The first-order valence-electron chi connectivity index (χ1n) is 1.33. The average Bonchev–Trinajstić information content (AvgIpc) is 1.61. The molecule has 0 unspecified atom stereocenters. The Morgan fingerprint density at radius 3 is 2.50 bits per heavy atom. The van der Waals surface area contributed by atoms with Crippen LogP contribution in [-0.4, -0.2) is 11.6 Å². The van der Waals surface area contributed by atoms with Crippen molar-refractivity contribution in [1.29, 1.82) is 0 Å². The van der Waals surface area contributed by atoms with Gasteiger partial charge in [0, 0.05) is 0 Å². The number of hydrogen-bond acceptors (Lipinski definition) is 3. The van der Waals surface area contributed by atoms with E-state index in [-0.39, 0.29) is 0 Å². The fourth-order valence-corrected chi connectivity index (χ4v) is 0.0713. The Kier molecular flexibility index (Phi) is 3.94. The lowest BCUT2D eigenvalue weighted by molar-refractivity contribution is -0.109. The van der Waals surface area contributed by atoms with Crippen molar-refractivity contribution >= 4 is 6.41 Å². The SMILES string of the molecule is O=CN[CH]NO. The molecule has 0 saturated carbocycles. The average molecular weight is 89.1 g/mol. The number of carbonyl (C=O) groups excluding carboxylic acids is 1. The van der Waals surface area contributed by atoms with Crippen LogP contribution in [0.1, 0.15) is 0 Å². The first kappa shape index (κ1) is 5.39. The van der Waals surface area contributed by atoms with Gasteiger partial charge in [0.25, 0.3) is 0 Å². The molecular weight excluding hydrogens is 84.0 g/mol. The van der Waals surface area contributed by atoms with Crippen LogP contribution in [0.3, 0.4) is 0 Å². The molecule has 0 aromatic rings. The monoisotopic (exact) mass is 89.0 g/mol. The molecule has 0 fully saturated rings. The Bertz CT molecular complexity index is 38.5. The molecule has 4 nitrogen and oxygen atoms in total. The summed E-state index contributed by atoms with van der Waals surface area (Å²) >= 11 is 0. The molecule has 0 spiro atoms. The fraction of sp³-hybridized carbons (Fsp3) is 0. The first-order valence-corrected chi connectivity index (χ1v) is 1.33. The molecule has 0 aliphatic heterocycles. The Labute approximate surface area is 35.1 Å². The number of hydroxylamine groups is 1.